The molecule has 2 aliphatic rings. The van der Waals surface area contributed by atoms with Gasteiger partial charge in [-0.3, -0.25) is 4.79 Å². The van der Waals surface area contributed by atoms with Crippen molar-refractivity contribution in [3.05, 3.63) is 47.6 Å². The zero-order valence-corrected chi connectivity index (χ0v) is 10.8. The van der Waals surface area contributed by atoms with E-state index in [1.165, 1.54) is 5.56 Å². The van der Waals surface area contributed by atoms with Gasteiger partial charge >= 0.3 is 5.97 Å². The summed E-state index contributed by atoms with van der Waals surface area (Å²) in [5, 5.41) is 13.1. The maximum atomic E-state index is 10.9. The Balaban J connectivity index is 1.62. The average Bonchev–Trinajstić information content (AvgIpc) is 3.38. The quantitative estimate of drug-likeness (QED) is 0.922. The SMILES string of the molecule is O=C(O)C1CC1c1nc(C2(c3ccccc3)CC2)no1. The minimum absolute atomic E-state index is 0.0969. The number of nitrogens with zero attached hydrogens (tertiary/aromatic N) is 2. The predicted molar refractivity (Wildman–Crippen MR) is 69.2 cm³/mol. The number of aliphatic carboxylic acids is 1. The van der Waals surface area contributed by atoms with Gasteiger partial charge in [-0.25, -0.2) is 0 Å². The molecule has 2 saturated carbocycles. The molecule has 1 N–H and O–H groups in total. The summed E-state index contributed by atoms with van der Waals surface area (Å²) in [5.74, 6) is -0.0428. The maximum absolute atomic E-state index is 10.9. The fourth-order valence-electron chi connectivity index (χ4n) is 2.84. The third kappa shape index (κ3) is 1.66. The van der Waals surface area contributed by atoms with Gasteiger partial charge in [0.1, 0.15) is 0 Å². The van der Waals surface area contributed by atoms with E-state index >= 15 is 0 Å². The third-order valence-corrected chi connectivity index (χ3v) is 4.37. The largest absolute Gasteiger partial charge is 0.481 e. The summed E-state index contributed by atoms with van der Waals surface area (Å²) >= 11 is 0. The molecule has 2 unspecified atom stereocenters. The standard InChI is InChI=1S/C15H14N2O3/c18-13(19)11-8-10(11)12-16-14(17-20-12)15(6-7-15)9-4-2-1-3-5-9/h1-5,10-11H,6-8H2,(H,18,19). The van der Waals surface area contributed by atoms with Gasteiger partial charge in [-0.2, -0.15) is 4.98 Å². The van der Waals surface area contributed by atoms with Crippen molar-refractivity contribution in [2.24, 2.45) is 5.92 Å². The topological polar surface area (TPSA) is 76.2 Å². The highest BCUT2D eigenvalue weighted by Gasteiger charge is 2.52. The zero-order chi connectivity index (χ0) is 13.7. The van der Waals surface area contributed by atoms with Crippen LogP contribution >= 0.6 is 0 Å². The monoisotopic (exact) mass is 270 g/mol. The molecular formula is C15H14N2O3. The molecule has 0 spiro atoms. The van der Waals surface area contributed by atoms with E-state index in [1.54, 1.807) is 0 Å². The van der Waals surface area contributed by atoms with Crippen LogP contribution in [-0.4, -0.2) is 21.2 Å². The molecule has 1 aromatic heterocycles. The van der Waals surface area contributed by atoms with E-state index in [9.17, 15) is 4.79 Å². The molecule has 4 rings (SSSR count). The Hall–Kier alpha value is -2.17. The molecule has 0 bridgehead atoms. The van der Waals surface area contributed by atoms with Gasteiger partial charge in [-0.15, -0.1) is 0 Å². The Labute approximate surface area is 115 Å². The highest BCUT2D eigenvalue weighted by molar-refractivity contribution is 5.74. The summed E-state index contributed by atoms with van der Waals surface area (Å²) in [4.78, 5) is 15.4. The lowest BCUT2D eigenvalue weighted by Gasteiger charge is -2.09. The van der Waals surface area contributed by atoms with Crippen molar-refractivity contribution in [3.8, 4) is 0 Å². The van der Waals surface area contributed by atoms with Gasteiger partial charge in [0.05, 0.1) is 17.3 Å². The van der Waals surface area contributed by atoms with Gasteiger partial charge < -0.3 is 9.63 Å². The molecule has 2 fully saturated rings. The first-order valence-electron chi connectivity index (χ1n) is 6.83. The summed E-state index contributed by atoms with van der Waals surface area (Å²) in [6.45, 7) is 0. The van der Waals surface area contributed by atoms with Crippen LogP contribution in [0.1, 0.15) is 42.5 Å². The van der Waals surface area contributed by atoms with Gasteiger partial charge in [-0.05, 0) is 24.8 Å². The first-order valence-corrected chi connectivity index (χ1v) is 6.83. The van der Waals surface area contributed by atoms with Gasteiger partial charge in [0.25, 0.3) is 0 Å². The first kappa shape index (κ1) is 11.6. The Morgan fingerprint density at radius 1 is 1.30 bits per heavy atom. The number of hydrogen-bond donors (Lipinski definition) is 1. The molecule has 2 aliphatic carbocycles. The van der Waals surface area contributed by atoms with Gasteiger partial charge in [0.15, 0.2) is 5.82 Å². The molecule has 1 heterocycles. The average molecular weight is 270 g/mol. The van der Waals surface area contributed by atoms with Crippen LogP contribution in [0.25, 0.3) is 0 Å². The van der Waals surface area contributed by atoms with Crippen molar-refractivity contribution in [2.75, 3.05) is 0 Å². The summed E-state index contributed by atoms with van der Waals surface area (Å²) < 4.78 is 5.29. The fourth-order valence-corrected chi connectivity index (χ4v) is 2.84. The van der Waals surface area contributed by atoms with Crippen molar-refractivity contribution in [1.29, 1.82) is 0 Å². The summed E-state index contributed by atoms with van der Waals surface area (Å²) in [6.07, 6.45) is 2.64. The number of carboxylic acid groups (broad SMARTS) is 1. The fraction of sp³-hybridized carbons (Fsp3) is 0.400. The van der Waals surface area contributed by atoms with Crippen LogP contribution < -0.4 is 0 Å². The number of carbonyl (C=O) groups is 1. The lowest BCUT2D eigenvalue weighted by molar-refractivity contribution is -0.138. The normalized spacial score (nSPS) is 26.2. The first-order chi connectivity index (χ1) is 9.71. The van der Waals surface area contributed by atoms with Crippen LogP contribution in [0.5, 0.6) is 0 Å². The van der Waals surface area contributed by atoms with Crippen molar-refractivity contribution < 1.29 is 14.4 Å². The van der Waals surface area contributed by atoms with E-state index in [0.29, 0.717) is 18.1 Å². The Morgan fingerprint density at radius 3 is 2.65 bits per heavy atom. The molecule has 102 valence electrons. The Bertz CT molecular complexity index is 661. The van der Waals surface area contributed by atoms with E-state index in [0.717, 1.165) is 12.8 Å². The minimum Gasteiger partial charge on any atom is -0.481 e. The number of rotatable bonds is 4. The predicted octanol–water partition coefficient (Wildman–Crippen LogP) is 2.34. The Kier molecular flexibility index (Phi) is 2.28. The van der Waals surface area contributed by atoms with Crippen LogP contribution in [0.3, 0.4) is 0 Å². The molecule has 0 aliphatic heterocycles. The molecule has 5 nitrogen and oxygen atoms in total. The molecule has 20 heavy (non-hydrogen) atoms. The van der Waals surface area contributed by atoms with Gasteiger partial charge in [-0.1, -0.05) is 35.5 Å². The van der Waals surface area contributed by atoms with E-state index in [-0.39, 0.29) is 17.3 Å². The van der Waals surface area contributed by atoms with Crippen molar-refractivity contribution >= 4 is 5.97 Å². The van der Waals surface area contributed by atoms with E-state index in [2.05, 4.69) is 22.3 Å². The second-order valence-corrected chi connectivity index (χ2v) is 5.69. The number of benzene rings is 1. The summed E-state index contributed by atoms with van der Waals surface area (Å²) in [6, 6.07) is 10.2. The summed E-state index contributed by atoms with van der Waals surface area (Å²) in [7, 11) is 0. The summed E-state index contributed by atoms with van der Waals surface area (Å²) in [5.41, 5.74) is 1.09. The van der Waals surface area contributed by atoms with Crippen LogP contribution in [0.15, 0.2) is 34.9 Å². The zero-order valence-electron chi connectivity index (χ0n) is 10.8. The molecule has 5 heteroatoms. The smallest absolute Gasteiger partial charge is 0.307 e. The van der Waals surface area contributed by atoms with E-state index in [4.69, 9.17) is 9.63 Å². The van der Waals surface area contributed by atoms with Crippen molar-refractivity contribution in [2.45, 2.75) is 30.6 Å². The second kappa shape index (κ2) is 3.91. The molecule has 0 radical (unpaired) electrons. The molecular weight excluding hydrogens is 256 g/mol. The van der Waals surface area contributed by atoms with E-state index in [1.807, 2.05) is 18.2 Å². The minimum atomic E-state index is -0.779. The maximum Gasteiger partial charge on any atom is 0.307 e. The van der Waals surface area contributed by atoms with Crippen LogP contribution in [-0.2, 0) is 10.2 Å². The molecule has 2 aromatic rings. The molecule has 0 amide bonds. The molecule has 2 atom stereocenters. The second-order valence-electron chi connectivity index (χ2n) is 5.69. The van der Waals surface area contributed by atoms with Crippen LogP contribution in [0, 0.1) is 5.92 Å². The highest BCUT2D eigenvalue weighted by Crippen LogP contribution is 2.53. The van der Waals surface area contributed by atoms with Gasteiger partial charge in [0, 0.05) is 0 Å². The number of hydrogen-bond acceptors (Lipinski definition) is 4. The van der Waals surface area contributed by atoms with Crippen molar-refractivity contribution in [1.82, 2.24) is 10.1 Å². The Morgan fingerprint density at radius 2 is 2.05 bits per heavy atom. The van der Waals surface area contributed by atoms with Crippen LogP contribution in [0.4, 0.5) is 0 Å². The highest BCUT2D eigenvalue weighted by atomic mass is 16.5. The van der Waals surface area contributed by atoms with Crippen LogP contribution in [0.2, 0.25) is 0 Å². The number of carboxylic acids is 1. The van der Waals surface area contributed by atoms with Gasteiger partial charge in [0.2, 0.25) is 5.89 Å². The molecule has 0 saturated heterocycles. The lowest BCUT2D eigenvalue weighted by atomic mass is 9.95. The number of aromatic nitrogens is 2. The molecule has 1 aromatic carbocycles. The van der Waals surface area contributed by atoms with E-state index < -0.39 is 5.97 Å². The van der Waals surface area contributed by atoms with Crippen molar-refractivity contribution in [3.63, 3.8) is 0 Å². The third-order valence-electron chi connectivity index (χ3n) is 4.37. The lowest BCUT2D eigenvalue weighted by Crippen LogP contribution is -2.10.